The molecule has 0 aliphatic carbocycles. The number of carbonyl (C=O) groups is 1. The van der Waals surface area contributed by atoms with E-state index in [0.29, 0.717) is 25.6 Å². The first-order chi connectivity index (χ1) is 13.0. The summed E-state index contributed by atoms with van der Waals surface area (Å²) in [6.45, 7) is 2.62. The molecule has 9 nitrogen and oxygen atoms in total. The van der Waals surface area contributed by atoms with Crippen LogP contribution in [-0.2, 0) is 4.74 Å². The van der Waals surface area contributed by atoms with Crippen molar-refractivity contribution in [2.75, 3.05) is 54.1 Å². The molecule has 0 aromatic heterocycles. The van der Waals surface area contributed by atoms with Crippen molar-refractivity contribution in [3.05, 3.63) is 27.8 Å². The van der Waals surface area contributed by atoms with E-state index in [9.17, 15) is 14.9 Å². The van der Waals surface area contributed by atoms with E-state index in [1.807, 2.05) is 7.05 Å². The van der Waals surface area contributed by atoms with Crippen LogP contribution in [0.5, 0.6) is 11.5 Å². The van der Waals surface area contributed by atoms with Crippen LogP contribution in [0.3, 0.4) is 0 Å². The summed E-state index contributed by atoms with van der Waals surface area (Å²) < 4.78 is 15.7. The monoisotopic (exact) mass is 417 g/mol. The highest BCUT2D eigenvalue weighted by Crippen LogP contribution is 2.35. The third-order valence-corrected chi connectivity index (χ3v) is 4.65. The highest BCUT2D eigenvalue weighted by molar-refractivity contribution is 5.99. The first-order valence-corrected chi connectivity index (χ1v) is 8.93. The van der Waals surface area contributed by atoms with E-state index >= 15 is 0 Å². The van der Waals surface area contributed by atoms with E-state index in [-0.39, 0.29) is 47.7 Å². The molecule has 10 heteroatoms. The number of nitrogens with zero attached hydrogens (tertiary/aromatic N) is 2. The van der Waals surface area contributed by atoms with Crippen LogP contribution in [0, 0.1) is 16.0 Å². The molecule has 28 heavy (non-hydrogen) atoms. The second-order valence-electron chi connectivity index (χ2n) is 6.41. The summed E-state index contributed by atoms with van der Waals surface area (Å²) in [7, 11) is 4.87. The van der Waals surface area contributed by atoms with Crippen molar-refractivity contribution >= 4 is 24.0 Å². The molecule has 1 N–H and O–H groups in total. The fourth-order valence-corrected chi connectivity index (χ4v) is 3.18. The molecule has 0 radical (unpaired) electrons. The molecule has 158 valence electrons. The van der Waals surface area contributed by atoms with Gasteiger partial charge in [0.25, 0.3) is 11.6 Å². The van der Waals surface area contributed by atoms with Gasteiger partial charge in [-0.25, -0.2) is 0 Å². The summed E-state index contributed by atoms with van der Waals surface area (Å²) in [4.78, 5) is 25.6. The lowest BCUT2D eigenvalue weighted by Gasteiger charge is -2.32. The molecule has 1 aromatic carbocycles. The number of rotatable bonds is 9. The summed E-state index contributed by atoms with van der Waals surface area (Å²) in [5, 5.41) is 14.7. The SMILES string of the molecule is CNCC1CCN(C(=O)c2cc(OC)c(OCCOC)cc2[N+](=O)[O-])CC1.Cl. The number of likely N-dealkylation sites (tertiary alicyclic amines) is 1. The first-order valence-electron chi connectivity index (χ1n) is 8.93. The lowest BCUT2D eigenvalue weighted by atomic mass is 9.96. The first kappa shape index (κ1) is 23.9. The zero-order valence-corrected chi connectivity index (χ0v) is 17.3. The number of amides is 1. The molecule has 0 atom stereocenters. The highest BCUT2D eigenvalue weighted by Gasteiger charge is 2.30. The van der Waals surface area contributed by atoms with Crippen molar-refractivity contribution in [2.45, 2.75) is 12.8 Å². The smallest absolute Gasteiger partial charge is 0.286 e. The van der Waals surface area contributed by atoms with Gasteiger partial charge in [-0.15, -0.1) is 12.4 Å². The molecule has 1 fully saturated rings. The summed E-state index contributed by atoms with van der Waals surface area (Å²) in [5.41, 5.74) is -0.270. The van der Waals surface area contributed by atoms with Gasteiger partial charge in [0.05, 0.1) is 24.7 Å². The van der Waals surface area contributed by atoms with Gasteiger partial charge in [-0.3, -0.25) is 14.9 Å². The number of nitro benzene ring substituents is 1. The molecule has 1 aliphatic heterocycles. The predicted molar refractivity (Wildman–Crippen MR) is 107 cm³/mol. The number of methoxy groups -OCH3 is 2. The lowest BCUT2D eigenvalue weighted by Crippen LogP contribution is -2.40. The third-order valence-electron chi connectivity index (χ3n) is 4.65. The maximum atomic E-state index is 12.9. The Bertz CT molecular complexity index is 665. The number of carbonyl (C=O) groups excluding carboxylic acids is 1. The molecule has 0 spiro atoms. The minimum Gasteiger partial charge on any atom is -0.493 e. The Morgan fingerprint density at radius 3 is 2.46 bits per heavy atom. The van der Waals surface area contributed by atoms with E-state index in [1.165, 1.54) is 26.4 Å². The van der Waals surface area contributed by atoms with Gasteiger partial charge >= 0.3 is 0 Å². The Hall–Kier alpha value is -2.10. The maximum Gasteiger partial charge on any atom is 0.286 e. The van der Waals surface area contributed by atoms with Crippen molar-refractivity contribution in [1.29, 1.82) is 0 Å². The van der Waals surface area contributed by atoms with Crippen LogP contribution in [0.1, 0.15) is 23.2 Å². The normalized spacial score (nSPS) is 14.3. The van der Waals surface area contributed by atoms with E-state index in [4.69, 9.17) is 14.2 Å². The second kappa shape index (κ2) is 11.7. The summed E-state index contributed by atoms with van der Waals surface area (Å²) in [6, 6.07) is 2.64. The van der Waals surface area contributed by atoms with E-state index in [2.05, 4.69) is 5.32 Å². The van der Waals surface area contributed by atoms with Crippen molar-refractivity contribution in [2.24, 2.45) is 5.92 Å². The number of piperidine rings is 1. The van der Waals surface area contributed by atoms with Crippen LogP contribution in [0.2, 0.25) is 0 Å². The molecule has 0 bridgehead atoms. The van der Waals surface area contributed by atoms with Gasteiger partial charge in [0.2, 0.25) is 0 Å². The van der Waals surface area contributed by atoms with Crippen LogP contribution >= 0.6 is 12.4 Å². The number of nitrogens with one attached hydrogen (secondary N) is 1. The number of benzene rings is 1. The predicted octanol–water partition coefficient (Wildman–Crippen LogP) is 2.12. The summed E-state index contributed by atoms with van der Waals surface area (Å²) >= 11 is 0. The Kier molecular flexibility index (Phi) is 9.98. The molecule has 1 amide bonds. The fourth-order valence-electron chi connectivity index (χ4n) is 3.18. The standard InChI is InChI=1S/C18H27N3O6.ClH/c1-19-12-13-4-6-20(7-5-13)18(22)14-10-16(26-3)17(27-9-8-25-2)11-15(14)21(23)24;/h10-11,13,19H,4-9,12H2,1-3H3;1H. The third kappa shape index (κ3) is 5.95. The Morgan fingerprint density at radius 2 is 1.93 bits per heavy atom. The minimum atomic E-state index is -0.566. The lowest BCUT2D eigenvalue weighted by molar-refractivity contribution is -0.385. The Labute approximate surface area is 170 Å². The van der Waals surface area contributed by atoms with Crippen LogP contribution in [0.15, 0.2) is 12.1 Å². The number of halogens is 1. The molecular formula is C18H28ClN3O6. The van der Waals surface area contributed by atoms with Crippen molar-refractivity contribution in [1.82, 2.24) is 10.2 Å². The largest absolute Gasteiger partial charge is 0.493 e. The Balaban J connectivity index is 0.00000392. The summed E-state index contributed by atoms with van der Waals surface area (Å²) in [6.07, 6.45) is 1.74. The minimum absolute atomic E-state index is 0. The van der Waals surface area contributed by atoms with Crippen LogP contribution < -0.4 is 14.8 Å². The molecule has 1 aliphatic rings. The zero-order chi connectivity index (χ0) is 19.8. The fraction of sp³-hybridized carbons (Fsp3) is 0.611. The molecule has 0 saturated carbocycles. The van der Waals surface area contributed by atoms with E-state index in [0.717, 1.165) is 19.4 Å². The number of hydrogen-bond donors (Lipinski definition) is 1. The van der Waals surface area contributed by atoms with E-state index in [1.54, 1.807) is 4.90 Å². The van der Waals surface area contributed by atoms with Gasteiger partial charge < -0.3 is 24.4 Å². The summed E-state index contributed by atoms with van der Waals surface area (Å²) in [5.74, 6) is 0.655. The number of nitro groups is 1. The topological polar surface area (TPSA) is 103 Å². The molecule has 0 unspecified atom stereocenters. The second-order valence-corrected chi connectivity index (χ2v) is 6.41. The molecule has 1 saturated heterocycles. The Morgan fingerprint density at radius 1 is 1.25 bits per heavy atom. The maximum absolute atomic E-state index is 12.9. The van der Waals surface area contributed by atoms with E-state index < -0.39 is 4.92 Å². The van der Waals surface area contributed by atoms with Crippen molar-refractivity contribution in [3.8, 4) is 11.5 Å². The molecule has 1 aromatic rings. The van der Waals surface area contributed by atoms with Gasteiger partial charge in [-0.05, 0) is 32.4 Å². The average molecular weight is 418 g/mol. The average Bonchev–Trinajstić information content (AvgIpc) is 2.68. The number of hydrogen-bond acceptors (Lipinski definition) is 7. The molecule has 1 heterocycles. The van der Waals surface area contributed by atoms with Crippen LogP contribution in [0.25, 0.3) is 0 Å². The van der Waals surface area contributed by atoms with Gasteiger partial charge in [-0.1, -0.05) is 0 Å². The zero-order valence-electron chi connectivity index (χ0n) is 16.4. The highest BCUT2D eigenvalue weighted by atomic mass is 35.5. The van der Waals surface area contributed by atoms with Crippen molar-refractivity contribution < 1.29 is 23.9 Å². The molecule has 2 rings (SSSR count). The van der Waals surface area contributed by atoms with Gasteiger partial charge in [0.1, 0.15) is 12.2 Å². The number of ether oxygens (including phenoxy) is 3. The van der Waals surface area contributed by atoms with Gasteiger partial charge in [0.15, 0.2) is 11.5 Å². The molecular weight excluding hydrogens is 390 g/mol. The quantitative estimate of drug-likeness (QED) is 0.373. The van der Waals surface area contributed by atoms with Gasteiger partial charge in [-0.2, -0.15) is 0 Å². The van der Waals surface area contributed by atoms with Gasteiger partial charge in [0, 0.05) is 26.3 Å². The van der Waals surface area contributed by atoms with Crippen LogP contribution in [0.4, 0.5) is 5.69 Å². The van der Waals surface area contributed by atoms with Crippen molar-refractivity contribution in [3.63, 3.8) is 0 Å². The van der Waals surface area contributed by atoms with Crippen LogP contribution in [-0.4, -0.2) is 69.8 Å².